The van der Waals surface area contributed by atoms with E-state index in [2.05, 4.69) is 6.92 Å². The molecule has 0 N–H and O–H groups in total. The van der Waals surface area contributed by atoms with E-state index in [1.54, 1.807) is 0 Å². The van der Waals surface area contributed by atoms with Gasteiger partial charge >= 0.3 is 0 Å². The molecule has 2 aliphatic heterocycles. The van der Waals surface area contributed by atoms with Crippen LogP contribution in [0.1, 0.15) is 6.92 Å². The second-order valence-corrected chi connectivity index (χ2v) is 5.60. The molecule has 2 heterocycles. The third-order valence-corrected chi connectivity index (χ3v) is 5.42. The van der Waals surface area contributed by atoms with Gasteiger partial charge in [0.25, 0.3) is 0 Å². The lowest BCUT2D eigenvalue weighted by Crippen LogP contribution is -2.44. The predicted molar refractivity (Wildman–Crippen MR) is 52.5 cm³/mol. The van der Waals surface area contributed by atoms with Crippen molar-refractivity contribution < 1.29 is 13.9 Å². The zero-order valence-electron chi connectivity index (χ0n) is 8.20. The van der Waals surface area contributed by atoms with Gasteiger partial charge in [0.2, 0.25) is 0 Å². The average molecular weight is 202 g/mol. The SMILES string of the molecule is CCO[SiH2]C(C1COC1)C1COC1. The van der Waals surface area contributed by atoms with Crippen LogP contribution in [0.25, 0.3) is 0 Å². The summed E-state index contributed by atoms with van der Waals surface area (Å²) < 4.78 is 16.1. The Morgan fingerprint density at radius 2 is 1.77 bits per heavy atom. The Bertz CT molecular complexity index is 143. The Morgan fingerprint density at radius 1 is 1.23 bits per heavy atom. The van der Waals surface area contributed by atoms with Gasteiger partial charge < -0.3 is 13.9 Å². The molecule has 0 aliphatic carbocycles. The molecule has 0 aromatic heterocycles. The fourth-order valence-corrected chi connectivity index (χ4v) is 3.51. The first-order chi connectivity index (χ1) is 6.42. The molecule has 0 saturated carbocycles. The number of hydrogen-bond acceptors (Lipinski definition) is 3. The van der Waals surface area contributed by atoms with Crippen LogP contribution >= 0.6 is 0 Å². The predicted octanol–water partition coefficient (Wildman–Crippen LogP) is 0.188. The minimum absolute atomic E-state index is 0.349. The molecule has 0 unspecified atom stereocenters. The molecule has 0 aromatic rings. The quantitative estimate of drug-likeness (QED) is 0.596. The lowest BCUT2D eigenvalue weighted by Gasteiger charge is -2.41. The maximum absolute atomic E-state index is 5.64. The molecule has 3 nitrogen and oxygen atoms in total. The van der Waals surface area contributed by atoms with Crippen LogP contribution in [0.3, 0.4) is 0 Å². The van der Waals surface area contributed by atoms with Crippen LogP contribution in [0.4, 0.5) is 0 Å². The molecule has 0 radical (unpaired) electrons. The van der Waals surface area contributed by atoms with Crippen molar-refractivity contribution >= 4 is 9.76 Å². The summed E-state index contributed by atoms with van der Waals surface area (Å²) in [5.41, 5.74) is 0.808. The number of rotatable bonds is 5. The number of hydrogen-bond donors (Lipinski definition) is 0. The van der Waals surface area contributed by atoms with Crippen molar-refractivity contribution in [1.29, 1.82) is 0 Å². The van der Waals surface area contributed by atoms with Crippen LogP contribution in [-0.4, -0.2) is 42.8 Å². The van der Waals surface area contributed by atoms with Gasteiger partial charge in [-0.2, -0.15) is 0 Å². The first-order valence-corrected chi connectivity index (χ1v) is 6.54. The monoisotopic (exact) mass is 202 g/mol. The maximum atomic E-state index is 5.64. The molecule has 13 heavy (non-hydrogen) atoms. The molecule has 0 atom stereocenters. The van der Waals surface area contributed by atoms with E-state index in [-0.39, 0.29) is 9.76 Å². The van der Waals surface area contributed by atoms with Gasteiger partial charge in [0.15, 0.2) is 9.76 Å². The van der Waals surface area contributed by atoms with E-state index < -0.39 is 0 Å². The van der Waals surface area contributed by atoms with Crippen LogP contribution in [0.2, 0.25) is 5.54 Å². The smallest absolute Gasteiger partial charge is 0.165 e. The van der Waals surface area contributed by atoms with Gasteiger partial charge in [-0.25, -0.2) is 0 Å². The van der Waals surface area contributed by atoms with Crippen molar-refractivity contribution in [3.8, 4) is 0 Å². The third kappa shape index (κ3) is 2.12. The first kappa shape index (κ1) is 9.64. The highest BCUT2D eigenvalue weighted by Gasteiger charge is 2.38. The summed E-state index contributed by atoms with van der Waals surface area (Å²) in [6, 6.07) is 0. The van der Waals surface area contributed by atoms with E-state index in [9.17, 15) is 0 Å². The Hall–Kier alpha value is 0.0969. The summed E-state index contributed by atoms with van der Waals surface area (Å²) >= 11 is 0. The van der Waals surface area contributed by atoms with Gasteiger partial charge in [0.1, 0.15) is 0 Å². The van der Waals surface area contributed by atoms with Gasteiger partial charge in [-0.1, -0.05) is 0 Å². The Balaban J connectivity index is 1.78. The summed E-state index contributed by atoms with van der Waals surface area (Å²) in [6.07, 6.45) is 0. The molecule has 0 spiro atoms. The molecule has 2 aliphatic rings. The zero-order valence-corrected chi connectivity index (χ0v) is 9.61. The van der Waals surface area contributed by atoms with E-state index in [4.69, 9.17) is 13.9 Å². The van der Waals surface area contributed by atoms with Crippen molar-refractivity contribution in [1.82, 2.24) is 0 Å². The van der Waals surface area contributed by atoms with Crippen LogP contribution in [0.5, 0.6) is 0 Å². The lowest BCUT2D eigenvalue weighted by molar-refractivity contribution is -0.0909. The third-order valence-electron chi connectivity index (χ3n) is 3.05. The van der Waals surface area contributed by atoms with E-state index in [1.165, 1.54) is 0 Å². The first-order valence-electron chi connectivity index (χ1n) is 5.15. The largest absolute Gasteiger partial charge is 0.424 e. The van der Waals surface area contributed by atoms with E-state index in [0.29, 0.717) is 0 Å². The maximum Gasteiger partial charge on any atom is 0.165 e. The lowest BCUT2D eigenvalue weighted by atomic mass is 9.91. The van der Waals surface area contributed by atoms with Gasteiger partial charge in [-0.05, 0) is 12.5 Å². The fourth-order valence-electron chi connectivity index (χ4n) is 1.91. The van der Waals surface area contributed by atoms with Gasteiger partial charge in [0.05, 0.1) is 26.4 Å². The summed E-state index contributed by atoms with van der Waals surface area (Å²) in [5, 5.41) is 0. The minimum atomic E-state index is -0.349. The van der Waals surface area contributed by atoms with Crippen molar-refractivity contribution in [3.05, 3.63) is 0 Å². The van der Waals surface area contributed by atoms with Gasteiger partial charge in [-0.3, -0.25) is 0 Å². The van der Waals surface area contributed by atoms with Gasteiger partial charge in [-0.15, -0.1) is 0 Å². The van der Waals surface area contributed by atoms with Crippen LogP contribution in [0, 0.1) is 11.8 Å². The highest BCUT2D eigenvalue weighted by molar-refractivity contribution is 6.29. The topological polar surface area (TPSA) is 27.7 Å². The molecule has 2 rings (SSSR count). The van der Waals surface area contributed by atoms with E-state index in [0.717, 1.165) is 50.4 Å². The molecule has 4 heteroatoms. The van der Waals surface area contributed by atoms with Crippen LogP contribution in [-0.2, 0) is 13.9 Å². The summed E-state index contributed by atoms with van der Waals surface area (Å²) in [7, 11) is -0.349. The summed E-state index contributed by atoms with van der Waals surface area (Å²) in [6.45, 7) is 6.80. The Kier molecular flexibility index (Phi) is 3.37. The molecular weight excluding hydrogens is 184 g/mol. The normalized spacial score (nSPS) is 25.4. The fraction of sp³-hybridized carbons (Fsp3) is 1.00. The highest BCUT2D eigenvalue weighted by Crippen LogP contribution is 2.36. The Labute approximate surface area is 81.7 Å². The highest BCUT2D eigenvalue weighted by atomic mass is 28.2. The molecule has 76 valence electrons. The molecular formula is C9H18O3Si. The molecule has 0 bridgehead atoms. The van der Waals surface area contributed by atoms with E-state index in [1.807, 2.05) is 0 Å². The minimum Gasteiger partial charge on any atom is -0.424 e. The molecule has 2 fully saturated rings. The summed E-state index contributed by atoms with van der Waals surface area (Å²) in [5.74, 6) is 1.57. The van der Waals surface area contributed by atoms with Gasteiger partial charge in [0, 0.05) is 18.4 Å². The molecule has 0 amide bonds. The van der Waals surface area contributed by atoms with Crippen molar-refractivity contribution in [2.75, 3.05) is 33.0 Å². The van der Waals surface area contributed by atoms with E-state index >= 15 is 0 Å². The molecule has 0 aromatic carbocycles. The zero-order chi connectivity index (χ0) is 9.10. The number of ether oxygens (including phenoxy) is 2. The van der Waals surface area contributed by atoms with Crippen molar-refractivity contribution in [2.24, 2.45) is 11.8 Å². The van der Waals surface area contributed by atoms with Crippen LogP contribution in [0.15, 0.2) is 0 Å². The van der Waals surface area contributed by atoms with Crippen molar-refractivity contribution in [2.45, 2.75) is 12.5 Å². The standard InChI is InChI=1S/C9H18O3Si/c1-2-12-13-9(7-3-10-4-7)8-5-11-6-8/h7-9H,2-6,13H2,1H3. The second-order valence-electron chi connectivity index (χ2n) is 3.92. The summed E-state index contributed by atoms with van der Waals surface area (Å²) in [4.78, 5) is 0. The van der Waals surface area contributed by atoms with Crippen LogP contribution < -0.4 is 0 Å². The van der Waals surface area contributed by atoms with Crippen molar-refractivity contribution in [3.63, 3.8) is 0 Å². The molecule has 2 saturated heterocycles. The average Bonchev–Trinajstić information content (AvgIpc) is 1.93. The Morgan fingerprint density at radius 3 is 2.08 bits per heavy atom. The second kappa shape index (κ2) is 4.55.